The molecule has 1 aliphatic heterocycles. The Balaban J connectivity index is 0.000000513. The van der Waals surface area contributed by atoms with Gasteiger partial charge in [-0.3, -0.25) is 0 Å². The van der Waals surface area contributed by atoms with E-state index < -0.39 is 5.95 Å². The van der Waals surface area contributed by atoms with E-state index in [1.807, 2.05) is 26.0 Å². The minimum atomic E-state index is -0.412. The molecule has 1 atom stereocenters. The molecule has 0 aliphatic carbocycles. The van der Waals surface area contributed by atoms with Crippen LogP contribution in [-0.4, -0.2) is 23.5 Å². The molecule has 0 fully saturated rings. The molecule has 2 aromatic heterocycles. The van der Waals surface area contributed by atoms with Crippen LogP contribution in [0.2, 0.25) is 4.34 Å². The molecule has 0 saturated carbocycles. The average molecular weight is 457 g/mol. The van der Waals surface area contributed by atoms with Crippen LogP contribution in [0.1, 0.15) is 41.3 Å². The minimum absolute atomic E-state index is 0.249. The summed E-state index contributed by atoms with van der Waals surface area (Å²) < 4.78 is 14.4. The first kappa shape index (κ1) is 25.0. The molecule has 1 unspecified atom stereocenters. The Morgan fingerprint density at radius 2 is 1.84 bits per heavy atom. The van der Waals surface area contributed by atoms with E-state index in [-0.39, 0.29) is 5.92 Å². The zero-order valence-electron chi connectivity index (χ0n) is 18.7. The number of allylic oxidation sites excluding steroid dienone is 2. The number of nitrogens with zero attached hydrogens (tertiary/aromatic N) is 2. The molecule has 164 valence electrons. The van der Waals surface area contributed by atoms with E-state index in [0.29, 0.717) is 5.56 Å². The standard InChI is InChI=1S/C20H18ClFN2S.C4H6.C2H6/c1-12-7-13(9-23-20(12)22)14-5-3-4-6-15(14)17-10-24(2)11-18-16(17)8-19(21)25-18;1-3-4-2;1-2/h3-9,17H,10-11H2,1-2H3;3-4H,1-2H2;1-2H3. The Bertz CT molecular complexity index is 1020. The number of fused-ring (bicyclic) bond motifs is 1. The summed E-state index contributed by atoms with van der Waals surface area (Å²) in [6.07, 6.45) is 4.90. The summed E-state index contributed by atoms with van der Waals surface area (Å²) >= 11 is 7.95. The number of hydrogen-bond acceptors (Lipinski definition) is 3. The molecule has 1 aromatic carbocycles. The lowest BCUT2D eigenvalue weighted by atomic mass is 9.84. The lowest BCUT2D eigenvalue weighted by Crippen LogP contribution is -2.30. The van der Waals surface area contributed by atoms with Crippen molar-refractivity contribution in [1.82, 2.24) is 9.88 Å². The van der Waals surface area contributed by atoms with E-state index in [1.165, 1.54) is 16.0 Å². The highest BCUT2D eigenvalue weighted by Gasteiger charge is 2.28. The number of rotatable bonds is 3. The maximum Gasteiger partial charge on any atom is 0.215 e. The third-order valence-corrected chi connectivity index (χ3v) is 6.19. The second-order valence-corrected chi connectivity index (χ2v) is 8.84. The maximum absolute atomic E-state index is 13.6. The van der Waals surface area contributed by atoms with Gasteiger partial charge in [0.2, 0.25) is 5.95 Å². The van der Waals surface area contributed by atoms with Crippen LogP contribution in [0.3, 0.4) is 0 Å². The number of benzene rings is 1. The Labute approximate surface area is 194 Å². The van der Waals surface area contributed by atoms with Crippen LogP contribution in [-0.2, 0) is 6.54 Å². The summed E-state index contributed by atoms with van der Waals surface area (Å²) in [5.41, 5.74) is 5.16. The summed E-state index contributed by atoms with van der Waals surface area (Å²) in [4.78, 5) is 7.56. The van der Waals surface area contributed by atoms with Gasteiger partial charge < -0.3 is 4.90 Å². The van der Waals surface area contributed by atoms with Crippen molar-refractivity contribution in [2.45, 2.75) is 33.2 Å². The van der Waals surface area contributed by atoms with Crippen LogP contribution in [0, 0.1) is 12.9 Å². The largest absolute Gasteiger partial charge is 0.300 e. The van der Waals surface area contributed by atoms with Gasteiger partial charge in [-0.25, -0.2) is 4.98 Å². The van der Waals surface area contributed by atoms with Crippen LogP contribution < -0.4 is 0 Å². The molecular formula is C26H30ClFN2S. The maximum atomic E-state index is 13.6. The van der Waals surface area contributed by atoms with E-state index in [4.69, 9.17) is 11.6 Å². The van der Waals surface area contributed by atoms with Gasteiger partial charge in [0.1, 0.15) is 0 Å². The van der Waals surface area contributed by atoms with Crippen LogP contribution in [0.15, 0.2) is 67.9 Å². The SMILES string of the molecule is C=CC=C.CC.Cc1cc(-c2ccccc2C2CN(C)Cc3sc(Cl)cc32)cnc1F. The summed E-state index contributed by atoms with van der Waals surface area (Å²) in [6.45, 7) is 14.3. The molecule has 0 amide bonds. The number of pyridine rings is 1. The van der Waals surface area contributed by atoms with Crippen LogP contribution in [0.25, 0.3) is 11.1 Å². The fourth-order valence-electron chi connectivity index (χ4n) is 3.58. The van der Waals surface area contributed by atoms with E-state index in [1.54, 1.807) is 36.6 Å². The Hall–Kier alpha value is -2.27. The lowest BCUT2D eigenvalue weighted by molar-refractivity contribution is 0.299. The highest BCUT2D eigenvalue weighted by atomic mass is 35.5. The predicted octanol–water partition coefficient (Wildman–Crippen LogP) is 7.87. The summed E-state index contributed by atoms with van der Waals surface area (Å²) in [5.74, 6) is -0.162. The molecule has 4 rings (SSSR count). The number of likely N-dealkylation sites (N-methyl/N-ethyl adjacent to an activating group) is 1. The second-order valence-electron chi connectivity index (χ2n) is 7.07. The van der Waals surface area contributed by atoms with Gasteiger partial charge in [0, 0.05) is 41.2 Å². The van der Waals surface area contributed by atoms with Crippen molar-refractivity contribution < 1.29 is 4.39 Å². The van der Waals surface area contributed by atoms with Gasteiger partial charge in [-0.2, -0.15) is 4.39 Å². The second kappa shape index (κ2) is 11.9. The number of thiophene rings is 1. The normalized spacial score (nSPS) is 15.0. The van der Waals surface area contributed by atoms with E-state index in [9.17, 15) is 4.39 Å². The lowest BCUT2D eigenvalue weighted by Gasteiger charge is -2.31. The van der Waals surface area contributed by atoms with Crippen LogP contribution in [0.4, 0.5) is 4.39 Å². The first-order chi connectivity index (χ1) is 14.9. The van der Waals surface area contributed by atoms with Crippen molar-refractivity contribution in [2.24, 2.45) is 0 Å². The van der Waals surface area contributed by atoms with Gasteiger partial charge >= 0.3 is 0 Å². The average Bonchev–Trinajstić information content (AvgIpc) is 3.16. The Morgan fingerprint density at radius 1 is 1.16 bits per heavy atom. The van der Waals surface area contributed by atoms with Gasteiger partial charge in [-0.05, 0) is 42.8 Å². The number of aromatic nitrogens is 1. The molecule has 0 saturated heterocycles. The molecule has 3 aromatic rings. The van der Waals surface area contributed by atoms with Gasteiger partial charge in [-0.15, -0.1) is 11.3 Å². The van der Waals surface area contributed by atoms with Gasteiger partial charge in [0.05, 0.1) is 4.34 Å². The molecule has 3 heterocycles. The number of halogens is 2. The van der Waals surface area contributed by atoms with E-state index in [2.05, 4.69) is 54.4 Å². The fraction of sp³-hybridized carbons (Fsp3) is 0.269. The fourth-order valence-corrected chi connectivity index (χ4v) is 5.00. The van der Waals surface area contributed by atoms with Crippen molar-refractivity contribution >= 4 is 22.9 Å². The molecule has 5 heteroatoms. The molecular weight excluding hydrogens is 427 g/mol. The van der Waals surface area contributed by atoms with Crippen molar-refractivity contribution in [3.8, 4) is 11.1 Å². The minimum Gasteiger partial charge on any atom is -0.300 e. The van der Waals surface area contributed by atoms with Gasteiger partial charge in [0.15, 0.2) is 0 Å². The first-order valence-corrected chi connectivity index (χ1v) is 11.6. The highest BCUT2D eigenvalue weighted by molar-refractivity contribution is 7.16. The number of hydrogen-bond donors (Lipinski definition) is 0. The third kappa shape index (κ3) is 6.13. The van der Waals surface area contributed by atoms with Crippen LogP contribution in [0.5, 0.6) is 0 Å². The topological polar surface area (TPSA) is 16.1 Å². The summed E-state index contributed by atoms with van der Waals surface area (Å²) in [7, 11) is 2.13. The molecule has 2 nitrogen and oxygen atoms in total. The molecule has 0 N–H and O–H groups in total. The van der Waals surface area contributed by atoms with Crippen molar-refractivity contribution in [2.75, 3.05) is 13.6 Å². The van der Waals surface area contributed by atoms with E-state index in [0.717, 1.165) is 28.6 Å². The van der Waals surface area contributed by atoms with Gasteiger partial charge in [0.25, 0.3) is 0 Å². The zero-order valence-corrected chi connectivity index (χ0v) is 20.2. The van der Waals surface area contributed by atoms with Crippen molar-refractivity contribution in [3.63, 3.8) is 0 Å². The smallest absolute Gasteiger partial charge is 0.215 e. The zero-order chi connectivity index (χ0) is 23.0. The molecule has 0 bridgehead atoms. The van der Waals surface area contributed by atoms with Crippen molar-refractivity contribution in [1.29, 1.82) is 0 Å². The molecule has 1 aliphatic rings. The highest BCUT2D eigenvalue weighted by Crippen LogP contribution is 2.42. The molecule has 0 radical (unpaired) electrons. The summed E-state index contributed by atoms with van der Waals surface area (Å²) in [5, 5.41) is 0. The third-order valence-electron chi connectivity index (χ3n) is 4.92. The Morgan fingerprint density at radius 3 is 2.48 bits per heavy atom. The first-order valence-electron chi connectivity index (χ1n) is 10.4. The predicted molar refractivity (Wildman–Crippen MR) is 134 cm³/mol. The summed E-state index contributed by atoms with van der Waals surface area (Å²) in [6, 6.07) is 12.3. The van der Waals surface area contributed by atoms with Crippen molar-refractivity contribution in [3.05, 3.63) is 99.8 Å². The molecule has 0 spiro atoms. The monoisotopic (exact) mass is 456 g/mol. The number of aryl methyl sites for hydroxylation is 1. The molecule has 31 heavy (non-hydrogen) atoms. The quantitative estimate of drug-likeness (QED) is 0.294. The Kier molecular flexibility index (Phi) is 9.63. The van der Waals surface area contributed by atoms with E-state index >= 15 is 0 Å². The van der Waals surface area contributed by atoms with Gasteiger partial charge in [-0.1, -0.05) is 75.0 Å². The van der Waals surface area contributed by atoms with Crippen LogP contribution >= 0.6 is 22.9 Å².